The minimum absolute atomic E-state index is 0.0169. The Labute approximate surface area is 250 Å². The number of aliphatic carboxylic acids is 1. The minimum Gasteiger partial charge on any atom is -0.490 e. The zero-order valence-corrected chi connectivity index (χ0v) is 24.9. The summed E-state index contributed by atoms with van der Waals surface area (Å²) in [7, 11) is 0. The average molecular weight is 581 g/mol. The fourth-order valence-corrected chi connectivity index (χ4v) is 6.94. The van der Waals surface area contributed by atoms with Crippen LogP contribution in [-0.2, 0) is 30.7 Å². The van der Waals surface area contributed by atoms with Crippen molar-refractivity contribution in [2.75, 3.05) is 13.2 Å². The summed E-state index contributed by atoms with van der Waals surface area (Å²) in [6.07, 6.45) is 2.98. The maximum atomic E-state index is 14.0. The maximum absolute atomic E-state index is 14.0. The van der Waals surface area contributed by atoms with E-state index in [0.717, 1.165) is 58.1 Å². The fourth-order valence-electron chi connectivity index (χ4n) is 6.94. The van der Waals surface area contributed by atoms with Crippen molar-refractivity contribution in [3.05, 3.63) is 81.4 Å². The predicted octanol–water partition coefficient (Wildman–Crippen LogP) is 5.43. The summed E-state index contributed by atoms with van der Waals surface area (Å²) in [6.45, 7) is 8.36. The first-order chi connectivity index (χ1) is 20.7. The first kappa shape index (κ1) is 27.4. The van der Waals surface area contributed by atoms with Gasteiger partial charge in [-0.2, -0.15) is 0 Å². The number of nitrogens with zero attached hydrogens (tertiary/aromatic N) is 4. The number of carboxylic acids is 1. The molecule has 9 bridgehead atoms. The lowest BCUT2D eigenvalue weighted by Gasteiger charge is -2.30. The second-order valence-electron chi connectivity index (χ2n) is 12.6. The summed E-state index contributed by atoms with van der Waals surface area (Å²) >= 11 is 0. The van der Waals surface area contributed by atoms with Crippen molar-refractivity contribution in [1.29, 1.82) is 0 Å². The molecule has 3 aromatic carbocycles. The molecule has 1 unspecified atom stereocenters. The summed E-state index contributed by atoms with van der Waals surface area (Å²) in [5.74, 6) is 0.112. The van der Waals surface area contributed by atoms with Crippen LogP contribution in [-0.4, -0.2) is 55.6 Å². The van der Waals surface area contributed by atoms with Crippen molar-refractivity contribution < 1.29 is 24.2 Å². The van der Waals surface area contributed by atoms with Crippen LogP contribution >= 0.6 is 0 Å². The Balaban J connectivity index is 1.33. The second kappa shape index (κ2) is 10.4. The van der Waals surface area contributed by atoms with Crippen LogP contribution in [0.5, 0.6) is 11.5 Å². The predicted molar refractivity (Wildman–Crippen MR) is 161 cm³/mol. The molecule has 9 nitrogen and oxygen atoms in total. The zero-order chi connectivity index (χ0) is 29.9. The number of carboxylic acid groups (broad SMARTS) is 1. The summed E-state index contributed by atoms with van der Waals surface area (Å²) in [6, 6.07) is 14.0. The Morgan fingerprint density at radius 1 is 1.09 bits per heavy atom. The molecule has 6 aliphatic rings. The highest BCUT2D eigenvalue weighted by atomic mass is 16.5. The molecule has 0 radical (unpaired) electrons. The number of benzene rings is 3. The van der Waals surface area contributed by atoms with Crippen molar-refractivity contribution in [1.82, 2.24) is 19.9 Å². The van der Waals surface area contributed by atoms with E-state index in [1.165, 1.54) is 5.56 Å². The summed E-state index contributed by atoms with van der Waals surface area (Å²) in [4.78, 5) is 28.0. The number of aromatic nitrogens is 3. The van der Waals surface area contributed by atoms with Crippen LogP contribution in [0.1, 0.15) is 82.8 Å². The van der Waals surface area contributed by atoms with Gasteiger partial charge in [0.25, 0.3) is 5.91 Å². The third-order valence-electron chi connectivity index (χ3n) is 9.13. The van der Waals surface area contributed by atoms with Gasteiger partial charge in [-0.15, -0.1) is 5.10 Å². The van der Waals surface area contributed by atoms with Crippen LogP contribution in [0.2, 0.25) is 0 Å². The Kier molecular flexibility index (Phi) is 6.63. The van der Waals surface area contributed by atoms with Crippen molar-refractivity contribution in [3.8, 4) is 11.5 Å². The van der Waals surface area contributed by atoms with Crippen LogP contribution in [0.15, 0.2) is 42.5 Å². The zero-order valence-electron chi connectivity index (χ0n) is 24.9. The van der Waals surface area contributed by atoms with E-state index in [1.807, 2.05) is 60.7 Å². The summed E-state index contributed by atoms with van der Waals surface area (Å²) in [5.41, 5.74) is 7.90. The highest BCUT2D eigenvalue weighted by Crippen LogP contribution is 2.44. The quantitative estimate of drug-likeness (QED) is 0.337. The Bertz CT molecular complexity index is 1770. The van der Waals surface area contributed by atoms with E-state index in [-0.39, 0.29) is 18.2 Å². The third-order valence-corrected chi connectivity index (χ3v) is 9.13. The van der Waals surface area contributed by atoms with E-state index < -0.39 is 11.6 Å². The van der Waals surface area contributed by atoms with Crippen LogP contribution < -0.4 is 9.47 Å². The fraction of sp³-hybridized carbons (Fsp3) is 0.412. The molecular weight excluding hydrogens is 544 g/mol. The SMILES string of the molecule is Cc1c2ccc3c1nnn3CCCCOc1ccc(c3c1OC(C)(C)C3)C(=O)N1CCc3ccc(cc3C1)C2CC(=O)O. The van der Waals surface area contributed by atoms with Gasteiger partial charge in [0.2, 0.25) is 0 Å². The van der Waals surface area contributed by atoms with Crippen molar-refractivity contribution >= 4 is 22.9 Å². The average Bonchev–Trinajstić information content (AvgIpc) is 3.55. The van der Waals surface area contributed by atoms with Gasteiger partial charge in [-0.05, 0) is 86.1 Å². The molecule has 10 rings (SSSR count). The van der Waals surface area contributed by atoms with Crippen molar-refractivity contribution in [3.63, 3.8) is 0 Å². The summed E-state index contributed by atoms with van der Waals surface area (Å²) in [5, 5.41) is 18.9. The number of carbonyl (C=O) groups is 2. The third kappa shape index (κ3) is 4.90. The van der Waals surface area contributed by atoms with E-state index in [0.29, 0.717) is 49.7 Å². The molecule has 0 saturated carbocycles. The van der Waals surface area contributed by atoms with E-state index >= 15 is 0 Å². The van der Waals surface area contributed by atoms with Crippen LogP contribution in [0.25, 0.3) is 11.0 Å². The molecule has 0 fully saturated rings. The molecule has 4 aromatic rings. The number of hydrogen-bond donors (Lipinski definition) is 1. The summed E-state index contributed by atoms with van der Waals surface area (Å²) < 4.78 is 14.5. The smallest absolute Gasteiger partial charge is 0.304 e. The first-order valence-corrected chi connectivity index (χ1v) is 15.1. The Morgan fingerprint density at radius 2 is 1.95 bits per heavy atom. The number of hydrogen-bond acceptors (Lipinski definition) is 6. The van der Waals surface area contributed by atoms with Crippen LogP contribution in [0.4, 0.5) is 0 Å². The van der Waals surface area contributed by atoms with Gasteiger partial charge in [-0.3, -0.25) is 9.59 Å². The molecule has 6 aliphatic heterocycles. The number of ether oxygens (including phenoxy) is 2. The lowest BCUT2D eigenvalue weighted by atomic mass is 9.83. The molecular formula is C34H36N4O5. The maximum Gasteiger partial charge on any atom is 0.304 e. The van der Waals surface area contributed by atoms with E-state index in [9.17, 15) is 14.7 Å². The van der Waals surface area contributed by atoms with Gasteiger partial charge in [-0.25, -0.2) is 4.68 Å². The van der Waals surface area contributed by atoms with E-state index in [4.69, 9.17) is 9.47 Å². The van der Waals surface area contributed by atoms with Gasteiger partial charge < -0.3 is 19.5 Å². The number of rotatable bonds is 2. The highest BCUT2D eigenvalue weighted by molar-refractivity contribution is 5.97. The minimum atomic E-state index is -0.863. The van der Waals surface area contributed by atoms with Crippen LogP contribution in [0.3, 0.4) is 0 Å². The van der Waals surface area contributed by atoms with Gasteiger partial charge >= 0.3 is 5.97 Å². The second-order valence-corrected chi connectivity index (χ2v) is 12.6. The first-order valence-electron chi connectivity index (χ1n) is 15.1. The van der Waals surface area contributed by atoms with Crippen LogP contribution in [0, 0.1) is 6.92 Å². The molecule has 222 valence electrons. The number of amides is 1. The molecule has 1 atom stereocenters. The highest BCUT2D eigenvalue weighted by Gasteiger charge is 2.37. The number of carbonyl (C=O) groups excluding carboxylic acids is 1. The molecule has 0 aliphatic carbocycles. The van der Waals surface area contributed by atoms with E-state index in [2.05, 4.69) is 22.4 Å². The molecule has 1 N–H and O–H groups in total. The molecule has 1 amide bonds. The topological polar surface area (TPSA) is 107 Å². The standard InChI is InChI=1S/C34H36N4O5/c1-20-24-8-10-28-31(20)35-36-38(28)13-4-5-15-42-29-11-9-25(27-18-34(2,3)43-32(27)29)33(41)37-14-12-21-6-7-22(16-23(21)19-37)26(24)17-30(39)40/h6-11,16,26H,4-5,12-15,17-19H2,1-3H3,(H,39,40). The van der Waals surface area contributed by atoms with Gasteiger partial charge in [0.05, 0.1) is 18.5 Å². The van der Waals surface area contributed by atoms with Gasteiger partial charge in [0.15, 0.2) is 11.5 Å². The molecule has 7 heterocycles. The van der Waals surface area contributed by atoms with Crippen molar-refractivity contribution in [2.45, 2.75) is 77.5 Å². The van der Waals surface area contributed by atoms with Gasteiger partial charge in [0.1, 0.15) is 11.1 Å². The lowest BCUT2D eigenvalue weighted by Crippen LogP contribution is -2.36. The molecule has 9 heteroatoms. The number of aryl methyl sites for hydroxylation is 2. The van der Waals surface area contributed by atoms with Gasteiger partial charge in [0, 0.05) is 43.1 Å². The lowest BCUT2D eigenvalue weighted by molar-refractivity contribution is -0.137. The Hall–Kier alpha value is -4.40. The van der Waals surface area contributed by atoms with Gasteiger partial charge in [-0.1, -0.05) is 29.5 Å². The normalized spacial score (nSPS) is 19.4. The molecule has 1 aromatic heterocycles. The molecule has 43 heavy (non-hydrogen) atoms. The van der Waals surface area contributed by atoms with E-state index in [1.54, 1.807) is 0 Å². The molecule has 0 spiro atoms. The largest absolute Gasteiger partial charge is 0.490 e. The Morgan fingerprint density at radius 3 is 2.79 bits per heavy atom. The monoisotopic (exact) mass is 580 g/mol. The molecule has 0 saturated heterocycles. The van der Waals surface area contributed by atoms with Crippen molar-refractivity contribution in [2.24, 2.45) is 0 Å².